The first-order chi connectivity index (χ1) is 10.1. The molecular weight excluding hydrogens is 268 g/mol. The van der Waals surface area contributed by atoms with E-state index in [1.165, 1.54) is 4.68 Å². The number of nitrogens with zero attached hydrogens (tertiary/aromatic N) is 3. The van der Waals surface area contributed by atoms with E-state index in [-0.39, 0.29) is 5.88 Å². The van der Waals surface area contributed by atoms with Crippen LogP contribution in [0.3, 0.4) is 0 Å². The fraction of sp³-hybridized carbons (Fsp3) is 0.200. The summed E-state index contributed by atoms with van der Waals surface area (Å²) < 4.78 is 6.63. The monoisotopic (exact) mass is 284 g/mol. The molecule has 0 aliphatic carbocycles. The second-order valence-electron chi connectivity index (χ2n) is 4.82. The van der Waals surface area contributed by atoms with Gasteiger partial charge in [0.05, 0.1) is 35.4 Å². The second kappa shape index (κ2) is 4.97. The third-order valence-corrected chi connectivity index (χ3v) is 3.33. The second-order valence-corrected chi connectivity index (χ2v) is 4.82. The average molecular weight is 284 g/mol. The van der Waals surface area contributed by atoms with Gasteiger partial charge < -0.3 is 9.84 Å². The van der Waals surface area contributed by atoms with Gasteiger partial charge in [0.15, 0.2) is 0 Å². The molecule has 0 aliphatic rings. The van der Waals surface area contributed by atoms with Crippen LogP contribution in [0.2, 0.25) is 0 Å². The van der Waals surface area contributed by atoms with Crippen LogP contribution in [0.1, 0.15) is 11.4 Å². The van der Waals surface area contributed by atoms with E-state index in [1.54, 1.807) is 7.11 Å². The molecule has 1 aromatic carbocycles. The van der Waals surface area contributed by atoms with Gasteiger partial charge in [0.25, 0.3) is 0 Å². The van der Waals surface area contributed by atoms with Gasteiger partial charge >= 0.3 is 0 Å². The molecule has 21 heavy (non-hydrogen) atoms. The van der Waals surface area contributed by atoms with Gasteiger partial charge in [-0.15, -0.1) is 0 Å². The third-order valence-electron chi connectivity index (χ3n) is 3.33. The standard InChI is InChI=1S/C15H16N4O2/c1-9-8-13(17-16-9)14-10(2)18-19(15(14)20)11-4-6-12(21-3)7-5-11/h4-8,20H,1-3H3,(H,16,17). The van der Waals surface area contributed by atoms with E-state index in [1.807, 2.05) is 44.2 Å². The Morgan fingerprint density at radius 1 is 1.19 bits per heavy atom. The predicted molar refractivity (Wildman–Crippen MR) is 78.8 cm³/mol. The molecule has 0 spiro atoms. The molecule has 0 bridgehead atoms. The van der Waals surface area contributed by atoms with E-state index in [4.69, 9.17) is 4.74 Å². The fourth-order valence-corrected chi connectivity index (χ4v) is 2.28. The van der Waals surface area contributed by atoms with Crippen LogP contribution in [-0.2, 0) is 0 Å². The Bertz CT molecular complexity index is 772. The van der Waals surface area contributed by atoms with Crippen molar-refractivity contribution in [3.8, 4) is 28.6 Å². The number of H-pyrrole nitrogens is 1. The lowest BCUT2D eigenvalue weighted by atomic mass is 10.2. The van der Waals surface area contributed by atoms with Crippen LogP contribution in [0.4, 0.5) is 0 Å². The number of aryl methyl sites for hydroxylation is 2. The first-order valence-corrected chi connectivity index (χ1v) is 6.55. The number of nitrogens with one attached hydrogen (secondary N) is 1. The largest absolute Gasteiger partial charge is 0.497 e. The molecule has 0 saturated heterocycles. The molecular formula is C15H16N4O2. The maximum atomic E-state index is 10.5. The molecule has 6 heteroatoms. The Balaban J connectivity index is 2.08. The predicted octanol–water partition coefficient (Wildman–Crippen LogP) is 2.59. The number of methoxy groups -OCH3 is 1. The minimum atomic E-state index is 0.0846. The molecule has 0 saturated carbocycles. The van der Waals surface area contributed by atoms with Crippen LogP contribution in [0.15, 0.2) is 30.3 Å². The Morgan fingerprint density at radius 3 is 2.48 bits per heavy atom. The summed E-state index contributed by atoms with van der Waals surface area (Å²) >= 11 is 0. The van der Waals surface area contributed by atoms with Gasteiger partial charge in [-0.2, -0.15) is 10.2 Å². The first-order valence-electron chi connectivity index (χ1n) is 6.55. The molecule has 0 radical (unpaired) electrons. The van der Waals surface area contributed by atoms with Crippen molar-refractivity contribution in [3.05, 3.63) is 41.7 Å². The van der Waals surface area contributed by atoms with Gasteiger partial charge in [-0.3, -0.25) is 5.10 Å². The highest BCUT2D eigenvalue weighted by molar-refractivity contribution is 5.69. The van der Waals surface area contributed by atoms with E-state index in [0.29, 0.717) is 5.56 Å². The van der Waals surface area contributed by atoms with Crippen molar-refractivity contribution in [3.63, 3.8) is 0 Å². The number of aromatic nitrogens is 4. The van der Waals surface area contributed by atoms with E-state index in [0.717, 1.165) is 28.5 Å². The third kappa shape index (κ3) is 2.24. The first kappa shape index (κ1) is 13.2. The summed E-state index contributed by atoms with van der Waals surface area (Å²) in [5, 5.41) is 21.9. The van der Waals surface area contributed by atoms with Gasteiger partial charge in [-0.1, -0.05) is 0 Å². The smallest absolute Gasteiger partial charge is 0.224 e. The number of benzene rings is 1. The molecule has 0 atom stereocenters. The lowest BCUT2D eigenvalue weighted by Gasteiger charge is -2.05. The minimum absolute atomic E-state index is 0.0846. The SMILES string of the molecule is COc1ccc(-n2nc(C)c(-c3cc(C)n[nH]3)c2O)cc1. The average Bonchev–Trinajstić information content (AvgIpc) is 3.02. The summed E-state index contributed by atoms with van der Waals surface area (Å²) in [7, 11) is 1.61. The van der Waals surface area contributed by atoms with Crippen molar-refractivity contribution in [2.45, 2.75) is 13.8 Å². The maximum Gasteiger partial charge on any atom is 0.224 e. The van der Waals surface area contributed by atoms with Gasteiger partial charge in [0.2, 0.25) is 5.88 Å². The van der Waals surface area contributed by atoms with E-state index >= 15 is 0 Å². The van der Waals surface area contributed by atoms with Crippen molar-refractivity contribution in [2.75, 3.05) is 7.11 Å². The summed E-state index contributed by atoms with van der Waals surface area (Å²) in [6, 6.07) is 9.21. The zero-order valence-corrected chi connectivity index (χ0v) is 12.1. The molecule has 0 fully saturated rings. The normalized spacial score (nSPS) is 10.8. The van der Waals surface area contributed by atoms with E-state index in [9.17, 15) is 5.11 Å². The number of hydrogen-bond acceptors (Lipinski definition) is 4. The Kier molecular flexibility index (Phi) is 3.13. The van der Waals surface area contributed by atoms with Crippen molar-refractivity contribution >= 4 is 0 Å². The topological polar surface area (TPSA) is 76.0 Å². The van der Waals surface area contributed by atoms with E-state index in [2.05, 4.69) is 15.3 Å². The van der Waals surface area contributed by atoms with Gasteiger partial charge in [-0.05, 0) is 44.2 Å². The molecule has 3 rings (SSSR count). The molecule has 0 amide bonds. The Hall–Kier alpha value is -2.76. The van der Waals surface area contributed by atoms with Crippen LogP contribution in [0, 0.1) is 13.8 Å². The van der Waals surface area contributed by atoms with Crippen molar-refractivity contribution in [1.29, 1.82) is 0 Å². The molecule has 108 valence electrons. The molecule has 2 heterocycles. The quantitative estimate of drug-likeness (QED) is 0.775. The number of aromatic hydroxyl groups is 1. The highest BCUT2D eigenvalue weighted by Gasteiger charge is 2.18. The Morgan fingerprint density at radius 2 is 1.90 bits per heavy atom. The summed E-state index contributed by atoms with van der Waals surface area (Å²) in [6.07, 6.45) is 0. The zero-order valence-electron chi connectivity index (χ0n) is 12.1. The maximum absolute atomic E-state index is 10.5. The van der Waals surface area contributed by atoms with Crippen LogP contribution in [0.5, 0.6) is 11.6 Å². The van der Waals surface area contributed by atoms with Gasteiger partial charge in [0, 0.05) is 0 Å². The molecule has 0 unspecified atom stereocenters. The number of aromatic amines is 1. The number of hydrogen-bond donors (Lipinski definition) is 2. The lowest BCUT2D eigenvalue weighted by Crippen LogP contribution is -1.96. The highest BCUT2D eigenvalue weighted by Crippen LogP contribution is 2.33. The van der Waals surface area contributed by atoms with Crippen LogP contribution in [-0.4, -0.2) is 32.2 Å². The van der Waals surface area contributed by atoms with Crippen molar-refractivity contribution in [1.82, 2.24) is 20.0 Å². The van der Waals surface area contributed by atoms with Crippen LogP contribution >= 0.6 is 0 Å². The summed E-state index contributed by atoms with van der Waals surface area (Å²) in [5.74, 6) is 0.841. The minimum Gasteiger partial charge on any atom is -0.497 e. The van der Waals surface area contributed by atoms with Gasteiger partial charge in [0.1, 0.15) is 5.75 Å². The molecule has 0 aliphatic heterocycles. The molecule has 2 aromatic heterocycles. The number of ether oxygens (including phenoxy) is 1. The molecule has 6 nitrogen and oxygen atoms in total. The van der Waals surface area contributed by atoms with Crippen LogP contribution in [0.25, 0.3) is 16.9 Å². The number of rotatable bonds is 3. The Labute approximate surface area is 122 Å². The van der Waals surface area contributed by atoms with Crippen molar-refractivity contribution < 1.29 is 9.84 Å². The molecule has 3 aromatic rings. The summed E-state index contributed by atoms with van der Waals surface area (Å²) in [6.45, 7) is 3.74. The van der Waals surface area contributed by atoms with Gasteiger partial charge in [-0.25, -0.2) is 4.68 Å². The molecule has 2 N–H and O–H groups in total. The van der Waals surface area contributed by atoms with Crippen LogP contribution < -0.4 is 4.74 Å². The summed E-state index contributed by atoms with van der Waals surface area (Å²) in [4.78, 5) is 0. The van der Waals surface area contributed by atoms with Crippen molar-refractivity contribution in [2.24, 2.45) is 0 Å². The van der Waals surface area contributed by atoms with E-state index < -0.39 is 0 Å². The lowest BCUT2D eigenvalue weighted by molar-refractivity contribution is 0.414. The fourth-order valence-electron chi connectivity index (χ4n) is 2.28. The highest BCUT2D eigenvalue weighted by atomic mass is 16.5. The summed E-state index contributed by atoms with van der Waals surface area (Å²) in [5.41, 5.74) is 3.76. The zero-order chi connectivity index (χ0) is 15.0.